The molecule has 0 spiro atoms. The van der Waals surface area contributed by atoms with Gasteiger partial charge in [0.05, 0.1) is 6.04 Å². The largest absolute Gasteiger partial charge is 0.379 e. The fraction of sp³-hybridized carbons (Fsp3) is 0.700. The maximum absolute atomic E-state index is 4.34. The van der Waals surface area contributed by atoms with Crippen molar-refractivity contribution in [2.75, 3.05) is 20.6 Å². The number of nitrogens with one attached hydrogen (secondary N) is 2. The van der Waals surface area contributed by atoms with Crippen molar-refractivity contribution in [2.24, 2.45) is 4.99 Å². The van der Waals surface area contributed by atoms with E-state index in [2.05, 4.69) is 48.5 Å². The summed E-state index contributed by atoms with van der Waals surface area (Å²) >= 11 is 0. The van der Waals surface area contributed by atoms with Gasteiger partial charge in [0, 0.05) is 25.0 Å². The molecule has 4 nitrogen and oxygen atoms in total. The van der Waals surface area contributed by atoms with Crippen LogP contribution < -0.4 is 10.6 Å². The molecular formula is C10H20N4. The second-order valence-electron chi connectivity index (χ2n) is 4.11. The van der Waals surface area contributed by atoms with Gasteiger partial charge in [-0.25, -0.2) is 4.99 Å². The van der Waals surface area contributed by atoms with Crippen LogP contribution in [0.5, 0.6) is 0 Å². The minimum absolute atomic E-state index is 0.275. The van der Waals surface area contributed by atoms with E-state index in [9.17, 15) is 0 Å². The molecule has 0 amide bonds. The van der Waals surface area contributed by atoms with E-state index in [1.54, 1.807) is 6.20 Å². The molecule has 1 rings (SSSR count). The second kappa shape index (κ2) is 5.00. The summed E-state index contributed by atoms with van der Waals surface area (Å²) in [6.07, 6.45) is 3.68. The van der Waals surface area contributed by atoms with Crippen molar-refractivity contribution in [3.63, 3.8) is 0 Å². The third-order valence-electron chi connectivity index (χ3n) is 1.90. The van der Waals surface area contributed by atoms with Gasteiger partial charge in [-0.1, -0.05) is 0 Å². The molecule has 0 radical (unpaired) electrons. The van der Waals surface area contributed by atoms with Gasteiger partial charge in [-0.05, 0) is 27.9 Å². The maximum atomic E-state index is 4.34. The van der Waals surface area contributed by atoms with Crippen LogP contribution in [0.25, 0.3) is 0 Å². The van der Waals surface area contributed by atoms with Crippen molar-refractivity contribution in [3.05, 3.63) is 12.4 Å². The molecule has 0 fully saturated rings. The minimum Gasteiger partial charge on any atom is -0.379 e. The first kappa shape index (κ1) is 11.0. The van der Waals surface area contributed by atoms with Crippen LogP contribution >= 0.6 is 0 Å². The number of amidine groups is 1. The monoisotopic (exact) mass is 196 g/mol. The standard InChI is InChI=1S/C10H20N4/c1-8(2)13-10-9(7-14(3)4)11-5-6-12-10/h5-6,8-9,11H,7H2,1-4H3,(H,12,13). The van der Waals surface area contributed by atoms with Crippen molar-refractivity contribution in [1.29, 1.82) is 0 Å². The smallest absolute Gasteiger partial charge is 0.126 e. The predicted octanol–water partition coefficient (Wildman–Crippen LogP) is 0.388. The normalized spacial score (nSPS) is 21.0. The Morgan fingerprint density at radius 1 is 1.57 bits per heavy atom. The van der Waals surface area contributed by atoms with Gasteiger partial charge in [-0.2, -0.15) is 0 Å². The molecule has 0 aromatic rings. The van der Waals surface area contributed by atoms with Crippen LogP contribution in [0.1, 0.15) is 13.8 Å². The Kier molecular flexibility index (Phi) is 3.95. The summed E-state index contributed by atoms with van der Waals surface area (Å²) in [4.78, 5) is 6.49. The van der Waals surface area contributed by atoms with Crippen LogP contribution in [0.4, 0.5) is 0 Å². The molecule has 1 atom stereocenters. The van der Waals surface area contributed by atoms with Gasteiger partial charge in [-0.15, -0.1) is 0 Å². The Balaban J connectivity index is 2.57. The van der Waals surface area contributed by atoms with Gasteiger partial charge in [0.15, 0.2) is 0 Å². The zero-order valence-corrected chi connectivity index (χ0v) is 9.41. The summed E-state index contributed by atoms with van der Waals surface area (Å²) in [6, 6.07) is 0.698. The van der Waals surface area contributed by atoms with Gasteiger partial charge in [0.25, 0.3) is 0 Å². The van der Waals surface area contributed by atoms with Gasteiger partial charge >= 0.3 is 0 Å². The van der Waals surface area contributed by atoms with Crippen LogP contribution in [0.15, 0.2) is 17.4 Å². The summed E-state index contributed by atoms with van der Waals surface area (Å²) in [5.74, 6) is 1.02. The highest BCUT2D eigenvalue weighted by Crippen LogP contribution is 1.97. The molecule has 1 aliphatic heterocycles. The van der Waals surface area contributed by atoms with E-state index < -0.39 is 0 Å². The molecule has 2 N–H and O–H groups in total. The first-order valence-corrected chi connectivity index (χ1v) is 4.99. The lowest BCUT2D eigenvalue weighted by molar-refractivity contribution is 0.383. The van der Waals surface area contributed by atoms with Crippen molar-refractivity contribution < 1.29 is 0 Å². The van der Waals surface area contributed by atoms with Crippen molar-refractivity contribution in [2.45, 2.75) is 25.9 Å². The Morgan fingerprint density at radius 3 is 2.86 bits per heavy atom. The predicted molar refractivity (Wildman–Crippen MR) is 60.3 cm³/mol. The zero-order valence-electron chi connectivity index (χ0n) is 9.41. The third-order valence-corrected chi connectivity index (χ3v) is 1.90. The molecule has 14 heavy (non-hydrogen) atoms. The Hall–Kier alpha value is -1.03. The number of nitrogens with zero attached hydrogens (tertiary/aromatic N) is 2. The van der Waals surface area contributed by atoms with Crippen LogP contribution in [0.2, 0.25) is 0 Å². The Morgan fingerprint density at radius 2 is 2.29 bits per heavy atom. The van der Waals surface area contributed by atoms with Gasteiger partial charge < -0.3 is 15.5 Å². The van der Waals surface area contributed by atoms with E-state index in [4.69, 9.17) is 0 Å². The fourth-order valence-corrected chi connectivity index (χ4v) is 1.38. The highest BCUT2D eigenvalue weighted by atomic mass is 15.2. The maximum Gasteiger partial charge on any atom is 0.126 e. The SMILES string of the molecule is CC(C)NC1=NC=CNC1CN(C)C. The summed E-state index contributed by atoms with van der Waals surface area (Å²) in [5.41, 5.74) is 0. The number of likely N-dealkylation sites (N-methyl/N-ethyl adjacent to an activating group) is 1. The van der Waals surface area contributed by atoms with E-state index in [-0.39, 0.29) is 6.04 Å². The van der Waals surface area contributed by atoms with E-state index in [1.807, 2.05) is 6.20 Å². The molecule has 80 valence electrons. The fourth-order valence-electron chi connectivity index (χ4n) is 1.38. The Bertz CT molecular complexity index is 230. The molecule has 1 aliphatic rings. The minimum atomic E-state index is 0.275. The van der Waals surface area contributed by atoms with E-state index >= 15 is 0 Å². The number of hydrogen-bond donors (Lipinski definition) is 2. The van der Waals surface area contributed by atoms with Crippen LogP contribution in [-0.2, 0) is 0 Å². The summed E-state index contributed by atoms with van der Waals surface area (Å²) in [5, 5.41) is 6.64. The lowest BCUT2D eigenvalue weighted by Crippen LogP contribution is -2.50. The molecule has 0 saturated heterocycles. The first-order valence-electron chi connectivity index (χ1n) is 4.99. The molecule has 0 saturated carbocycles. The van der Waals surface area contributed by atoms with Crippen molar-refractivity contribution >= 4 is 5.84 Å². The lowest BCUT2D eigenvalue weighted by atomic mass is 10.2. The van der Waals surface area contributed by atoms with E-state index in [0.717, 1.165) is 12.4 Å². The van der Waals surface area contributed by atoms with Gasteiger partial charge in [-0.3, -0.25) is 0 Å². The zero-order chi connectivity index (χ0) is 10.6. The topological polar surface area (TPSA) is 39.7 Å². The molecule has 1 heterocycles. The molecule has 0 aromatic heterocycles. The van der Waals surface area contributed by atoms with E-state index in [0.29, 0.717) is 6.04 Å². The molecule has 0 aromatic carbocycles. The molecule has 0 aliphatic carbocycles. The molecule has 1 unspecified atom stereocenters. The van der Waals surface area contributed by atoms with Crippen molar-refractivity contribution in [3.8, 4) is 0 Å². The molecular weight excluding hydrogens is 176 g/mol. The molecule has 4 heteroatoms. The van der Waals surface area contributed by atoms with Crippen LogP contribution in [-0.4, -0.2) is 43.5 Å². The summed E-state index contributed by atoms with van der Waals surface area (Å²) in [7, 11) is 4.12. The Labute approximate surface area is 86.1 Å². The lowest BCUT2D eigenvalue weighted by Gasteiger charge is -2.26. The number of hydrogen-bond acceptors (Lipinski definition) is 4. The van der Waals surface area contributed by atoms with Crippen LogP contribution in [0, 0.1) is 0 Å². The summed E-state index contributed by atoms with van der Waals surface area (Å²) < 4.78 is 0. The average molecular weight is 196 g/mol. The number of rotatable bonds is 3. The van der Waals surface area contributed by atoms with Crippen LogP contribution in [0.3, 0.4) is 0 Å². The average Bonchev–Trinajstić information content (AvgIpc) is 2.06. The van der Waals surface area contributed by atoms with E-state index in [1.165, 1.54) is 0 Å². The highest BCUT2D eigenvalue weighted by Gasteiger charge is 2.17. The van der Waals surface area contributed by atoms with Gasteiger partial charge in [0.2, 0.25) is 0 Å². The second-order valence-corrected chi connectivity index (χ2v) is 4.11. The van der Waals surface area contributed by atoms with Crippen molar-refractivity contribution in [1.82, 2.24) is 15.5 Å². The highest BCUT2D eigenvalue weighted by molar-refractivity contribution is 5.89. The first-order chi connectivity index (χ1) is 6.59. The summed E-state index contributed by atoms with van der Waals surface area (Å²) in [6.45, 7) is 5.18. The van der Waals surface area contributed by atoms with Gasteiger partial charge in [0.1, 0.15) is 5.84 Å². The number of aliphatic imine (C=N–C) groups is 1. The quantitative estimate of drug-likeness (QED) is 0.686. The molecule has 0 bridgehead atoms. The third kappa shape index (κ3) is 3.38.